The van der Waals surface area contributed by atoms with Gasteiger partial charge in [-0.25, -0.2) is 4.79 Å². The van der Waals surface area contributed by atoms with Crippen LogP contribution in [0.5, 0.6) is 0 Å². The second kappa shape index (κ2) is 4.85. The van der Waals surface area contributed by atoms with Crippen molar-refractivity contribution in [2.45, 2.75) is 13.3 Å². The molecule has 20 heavy (non-hydrogen) atoms. The van der Waals surface area contributed by atoms with E-state index < -0.39 is 0 Å². The second-order valence-electron chi connectivity index (χ2n) is 4.80. The molecule has 0 unspecified atom stereocenters. The Morgan fingerprint density at radius 1 is 1.05 bits per heavy atom. The number of hydrogen-bond acceptors (Lipinski definition) is 3. The van der Waals surface area contributed by atoms with Gasteiger partial charge in [0.25, 0.3) is 0 Å². The van der Waals surface area contributed by atoms with Crippen molar-refractivity contribution in [1.29, 1.82) is 0 Å². The Labute approximate surface area is 116 Å². The summed E-state index contributed by atoms with van der Waals surface area (Å²) in [5.41, 5.74) is 9.14. The summed E-state index contributed by atoms with van der Waals surface area (Å²) in [7, 11) is 0. The fourth-order valence-corrected chi connectivity index (χ4v) is 2.25. The molecule has 0 aliphatic carbocycles. The SMILES string of the molecule is CCc1ccc(-c2cc3ccc(N)cc3oc2=O)cc1. The van der Waals surface area contributed by atoms with E-state index in [0.717, 1.165) is 17.4 Å². The highest BCUT2D eigenvalue weighted by Crippen LogP contribution is 2.23. The van der Waals surface area contributed by atoms with Gasteiger partial charge in [0.05, 0.1) is 5.56 Å². The quantitative estimate of drug-likeness (QED) is 0.569. The summed E-state index contributed by atoms with van der Waals surface area (Å²) in [5, 5.41) is 0.869. The summed E-state index contributed by atoms with van der Waals surface area (Å²) in [6, 6.07) is 15.1. The summed E-state index contributed by atoms with van der Waals surface area (Å²) < 4.78 is 5.35. The Balaban J connectivity index is 2.17. The normalized spacial score (nSPS) is 10.8. The van der Waals surface area contributed by atoms with Gasteiger partial charge in [-0.15, -0.1) is 0 Å². The number of hydrogen-bond donors (Lipinski definition) is 1. The van der Waals surface area contributed by atoms with Crippen LogP contribution in [0.25, 0.3) is 22.1 Å². The van der Waals surface area contributed by atoms with Crippen LogP contribution in [0.15, 0.2) is 57.7 Å². The van der Waals surface area contributed by atoms with Gasteiger partial charge < -0.3 is 10.2 Å². The van der Waals surface area contributed by atoms with Crippen LogP contribution in [0.4, 0.5) is 5.69 Å². The zero-order valence-corrected chi connectivity index (χ0v) is 11.2. The van der Waals surface area contributed by atoms with Crippen LogP contribution in [0.1, 0.15) is 12.5 Å². The molecule has 3 aromatic rings. The lowest BCUT2D eigenvalue weighted by Crippen LogP contribution is -2.02. The lowest BCUT2D eigenvalue weighted by atomic mass is 10.0. The van der Waals surface area contributed by atoms with Crippen molar-refractivity contribution in [2.24, 2.45) is 0 Å². The minimum absolute atomic E-state index is 0.340. The third-order valence-electron chi connectivity index (χ3n) is 3.43. The van der Waals surface area contributed by atoms with Crippen molar-refractivity contribution < 1.29 is 4.42 Å². The molecule has 1 heterocycles. The zero-order valence-electron chi connectivity index (χ0n) is 11.2. The van der Waals surface area contributed by atoms with E-state index in [1.54, 1.807) is 12.1 Å². The van der Waals surface area contributed by atoms with E-state index in [0.29, 0.717) is 16.8 Å². The van der Waals surface area contributed by atoms with Crippen LogP contribution >= 0.6 is 0 Å². The number of fused-ring (bicyclic) bond motifs is 1. The first kappa shape index (κ1) is 12.5. The number of nitrogens with two attached hydrogens (primary N) is 1. The minimum Gasteiger partial charge on any atom is -0.422 e. The molecule has 2 aromatic carbocycles. The maximum absolute atomic E-state index is 12.1. The number of rotatable bonds is 2. The average molecular weight is 265 g/mol. The number of anilines is 1. The summed E-state index contributed by atoms with van der Waals surface area (Å²) in [5.74, 6) is 0. The molecule has 0 spiro atoms. The summed E-state index contributed by atoms with van der Waals surface area (Å²) >= 11 is 0. The van der Waals surface area contributed by atoms with Gasteiger partial charge in [0.1, 0.15) is 5.58 Å². The maximum atomic E-state index is 12.1. The van der Waals surface area contributed by atoms with E-state index in [2.05, 4.69) is 6.92 Å². The molecule has 0 saturated heterocycles. The summed E-state index contributed by atoms with van der Waals surface area (Å²) in [4.78, 5) is 12.1. The van der Waals surface area contributed by atoms with Crippen LogP contribution in [0.3, 0.4) is 0 Å². The molecule has 0 fully saturated rings. The van der Waals surface area contributed by atoms with Crippen LogP contribution in [0.2, 0.25) is 0 Å². The van der Waals surface area contributed by atoms with Crippen LogP contribution in [0, 0.1) is 0 Å². The molecule has 0 saturated carbocycles. The van der Waals surface area contributed by atoms with Crippen molar-refractivity contribution in [3.63, 3.8) is 0 Å². The smallest absolute Gasteiger partial charge is 0.344 e. The molecular formula is C17H15NO2. The molecule has 0 atom stereocenters. The van der Waals surface area contributed by atoms with E-state index in [1.807, 2.05) is 36.4 Å². The molecule has 0 aliphatic heterocycles. The van der Waals surface area contributed by atoms with Gasteiger partial charge in [0.2, 0.25) is 0 Å². The first-order chi connectivity index (χ1) is 9.67. The molecule has 0 bridgehead atoms. The van der Waals surface area contributed by atoms with Crippen molar-refractivity contribution in [3.05, 3.63) is 64.5 Å². The van der Waals surface area contributed by atoms with Gasteiger partial charge in [0, 0.05) is 17.1 Å². The van der Waals surface area contributed by atoms with E-state index in [4.69, 9.17) is 10.2 Å². The minimum atomic E-state index is -0.340. The largest absolute Gasteiger partial charge is 0.422 e. The molecule has 3 rings (SSSR count). The van der Waals surface area contributed by atoms with E-state index in [9.17, 15) is 4.79 Å². The summed E-state index contributed by atoms with van der Waals surface area (Å²) in [6.07, 6.45) is 0.978. The lowest BCUT2D eigenvalue weighted by molar-refractivity contribution is 0.563. The number of nitrogen functional groups attached to an aromatic ring is 1. The molecule has 3 nitrogen and oxygen atoms in total. The van der Waals surface area contributed by atoms with Gasteiger partial charge in [0.15, 0.2) is 0 Å². The molecule has 2 N–H and O–H groups in total. The highest BCUT2D eigenvalue weighted by Gasteiger charge is 2.08. The number of benzene rings is 2. The van der Waals surface area contributed by atoms with Gasteiger partial charge in [-0.05, 0) is 35.7 Å². The Bertz CT molecular complexity index is 817. The molecular weight excluding hydrogens is 250 g/mol. The Morgan fingerprint density at radius 2 is 1.80 bits per heavy atom. The van der Waals surface area contributed by atoms with E-state index >= 15 is 0 Å². The Morgan fingerprint density at radius 3 is 2.50 bits per heavy atom. The number of aryl methyl sites for hydroxylation is 1. The third-order valence-corrected chi connectivity index (χ3v) is 3.43. The fraction of sp³-hybridized carbons (Fsp3) is 0.118. The molecule has 3 heteroatoms. The predicted molar refractivity (Wildman–Crippen MR) is 81.7 cm³/mol. The van der Waals surface area contributed by atoms with Gasteiger partial charge in [-0.3, -0.25) is 0 Å². The Hall–Kier alpha value is -2.55. The molecule has 100 valence electrons. The van der Waals surface area contributed by atoms with Gasteiger partial charge in [-0.2, -0.15) is 0 Å². The molecule has 0 amide bonds. The van der Waals surface area contributed by atoms with Gasteiger partial charge in [-0.1, -0.05) is 31.2 Å². The van der Waals surface area contributed by atoms with E-state index in [-0.39, 0.29) is 5.63 Å². The van der Waals surface area contributed by atoms with Gasteiger partial charge >= 0.3 is 5.63 Å². The maximum Gasteiger partial charge on any atom is 0.344 e. The van der Waals surface area contributed by atoms with Crippen LogP contribution in [-0.2, 0) is 6.42 Å². The fourth-order valence-electron chi connectivity index (χ4n) is 2.25. The lowest BCUT2D eigenvalue weighted by Gasteiger charge is -2.04. The third kappa shape index (κ3) is 2.18. The summed E-state index contributed by atoms with van der Waals surface area (Å²) in [6.45, 7) is 2.10. The highest BCUT2D eigenvalue weighted by atomic mass is 16.4. The van der Waals surface area contributed by atoms with Crippen molar-refractivity contribution in [1.82, 2.24) is 0 Å². The molecule has 0 aliphatic rings. The van der Waals surface area contributed by atoms with Crippen molar-refractivity contribution >= 4 is 16.7 Å². The molecule has 0 radical (unpaired) electrons. The van der Waals surface area contributed by atoms with E-state index in [1.165, 1.54) is 5.56 Å². The van der Waals surface area contributed by atoms with Crippen LogP contribution < -0.4 is 11.4 Å². The standard InChI is InChI=1S/C17H15NO2/c1-2-11-3-5-12(6-4-11)15-9-13-7-8-14(18)10-16(13)20-17(15)19/h3-10H,2,18H2,1H3. The monoisotopic (exact) mass is 265 g/mol. The topological polar surface area (TPSA) is 56.2 Å². The highest BCUT2D eigenvalue weighted by molar-refractivity contribution is 5.83. The van der Waals surface area contributed by atoms with Crippen molar-refractivity contribution in [2.75, 3.05) is 5.73 Å². The predicted octanol–water partition coefficient (Wildman–Crippen LogP) is 3.60. The van der Waals surface area contributed by atoms with Crippen molar-refractivity contribution in [3.8, 4) is 11.1 Å². The average Bonchev–Trinajstić information content (AvgIpc) is 2.46. The Kier molecular flexibility index (Phi) is 3.03. The second-order valence-corrected chi connectivity index (χ2v) is 4.80. The van der Waals surface area contributed by atoms with Crippen LogP contribution in [-0.4, -0.2) is 0 Å². The molecule has 1 aromatic heterocycles. The zero-order chi connectivity index (χ0) is 14.1. The first-order valence-electron chi connectivity index (χ1n) is 6.60. The first-order valence-corrected chi connectivity index (χ1v) is 6.60.